The van der Waals surface area contributed by atoms with Crippen LogP contribution >= 0.6 is 15.9 Å². The molecule has 0 N–H and O–H groups in total. The van der Waals surface area contributed by atoms with Crippen LogP contribution in [0.2, 0.25) is 0 Å². The van der Waals surface area contributed by atoms with E-state index in [-0.39, 0.29) is 0 Å². The standard InChI is InChI=1S/C21H35Br/c1-19(2,3)12-15-10-16(13-20(4,5)6)18(22)17(11-15)14-21(7,8)9/h10-11H,12-14H2,1-9H3. The summed E-state index contributed by atoms with van der Waals surface area (Å²) in [5.41, 5.74) is 5.35. The number of hydrogen-bond donors (Lipinski definition) is 0. The second kappa shape index (κ2) is 6.67. The molecule has 0 aliphatic rings. The van der Waals surface area contributed by atoms with Crippen LogP contribution in [-0.4, -0.2) is 0 Å². The molecule has 0 unspecified atom stereocenters. The van der Waals surface area contributed by atoms with Crippen LogP contribution in [0.15, 0.2) is 16.6 Å². The molecule has 0 fully saturated rings. The quantitative estimate of drug-likeness (QED) is 0.529. The highest BCUT2D eigenvalue weighted by atomic mass is 79.9. The van der Waals surface area contributed by atoms with Gasteiger partial charge in [-0.3, -0.25) is 0 Å². The molecule has 0 spiro atoms. The maximum atomic E-state index is 3.90. The third-order valence-electron chi connectivity index (χ3n) is 3.46. The van der Waals surface area contributed by atoms with E-state index in [1.807, 2.05) is 0 Å². The van der Waals surface area contributed by atoms with Crippen molar-refractivity contribution in [3.8, 4) is 0 Å². The number of halogens is 1. The minimum absolute atomic E-state index is 0.307. The molecule has 0 saturated carbocycles. The van der Waals surface area contributed by atoms with Crippen LogP contribution < -0.4 is 0 Å². The molecule has 1 aromatic carbocycles. The van der Waals surface area contributed by atoms with Crippen molar-refractivity contribution in [2.45, 2.75) is 81.6 Å². The fourth-order valence-electron chi connectivity index (χ4n) is 2.94. The van der Waals surface area contributed by atoms with Crippen molar-refractivity contribution in [3.63, 3.8) is 0 Å². The Morgan fingerprint density at radius 3 is 1.23 bits per heavy atom. The number of rotatable bonds is 3. The lowest BCUT2D eigenvalue weighted by Crippen LogP contribution is -2.15. The van der Waals surface area contributed by atoms with Crippen molar-refractivity contribution < 1.29 is 0 Å². The van der Waals surface area contributed by atoms with Gasteiger partial charge in [-0.2, -0.15) is 0 Å². The van der Waals surface area contributed by atoms with E-state index in [0.717, 1.165) is 19.3 Å². The first kappa shape index (κ1) is 19.7. The zero-order valence-electron chi connectivity index (χ0n) is 16.2. The average molecular weight is 367 g/mol. The van der Waals surface area contributed by atoms with Crippen LogP contribution in [0.25, 0.3) is 0 Å². The average Bonchev–Trinajstić information content (AvgIpc) is 2.18. The van der Waals surface area contributed by atoms with E-state index in [9.17, 15) is 0 Å². The first-order valence-electron chi connectivity index (χ1n) is 8.47. The van der Waals surface area contributed by atoms with Crippen LogP contribution in [0, 0.1) is 16.2 Å². The van der Waals surface area contributed by atoms with Crippen molar-refractivity contribution >= 4 is 15.9 Å². The fraction of sp³-hybridized carbons (Fsp3) is 0.714. The third kappa shape index (κ3) is 7.31. The number of hydrogen-bond acceptors (Lipinski definition) is 0. The van der Waals surface area contributed by atoms with Crippen molar-refractivity contribution in [1.29, 1.82) is 0 Å². The van der Waals surface area contributed by atoms with Crippen LogP contribution in [-0.2, 0) is 19.3 Å². The molecule has 1 aromatic rings. The van der Waals surface area contributed by atoms with E-state index < -0.39 is 0 Å². The third-order valence-corrected chi connectivity index (χ3v) is 4.48. The molecular weight excluding hydrogens is 332 g/mol. The second-order valence-electron chi connectivity index (χ2n) is 10.4. The Morgan fingerprint density at radius 1 is 0.636 bits per heavy atom. The largest absolute Gasteiger partial charge is 0.0599 e. The molecule has 0 atom stereocenters. The summed E-state index contributed by atoms with van der Waals surface area (Å²) in [5, 5.41) is 0. The molecule has 22 heavy (non-hydrogen) atoms. The topological polar surface area (TPSA) is 0 Å². The Balaban J connectivity index is 3.30. The van der Waals surface area contributed by atoms with Gasteiger partial charge in [-0.25, -0.2) is 0 Å². The molecular formula is C21H35Br. The van der Waals surface area contributed by atoms with Gasteiger partial charge in [-0.15, -0.1) is 0 Å². The Kier molecular flexibility index (Phi) is 5.99. The van der Waals surface area contributed by atoms with E-state index in [0.29, 0.717) is 16.2 Å². The summed E-state index contributed by atoms with van der Waals surface area (Å²) in [6.45, 7) is 20.9. The smallest absolute Gasteiger partial charge is 0.0239 e. The van der Waals surface area contributed by atoms with Crippen molar-refractivity contribution in [2.75, 3.05) is 0 Å². The summed E-state index contributed by atoms with van der Waals surface area (Å²) in [5.74, 6) is 0. The van der Waals surface area contributed by atoms with Gasteiger partial charge in [0.05, 0.1) is 0 Å². The predicted octanol–water partition coefficient (Wildman–Crippen LogP) is 7.21. The highest BCUT2D eigenvalue weighted by molar-refractivity contribution is 9.10. The summed E-state index contributed by atoms with van der Waals surface area (Å²) in [6.07, 6.45) is 3.36. The van der Waals surface area contributed by atoms with Gasteiger partial charge in [0.15, 0.2) is 0 Å². The number of benzene rings is 1. The molecule has 0 nitrogen and oxygen atoms in total. The summed E-state index contributed by atoms with van der Waals surface area (Å²) in [4.78, 5) is 0. The van der Waals surface area contributed by atoms with Gasteiger partial charge in [-0.1, -0.05) is 90.4 Å². The van der Waals surface area contributed by atoms with E-state index >= 15 is 0 Å². The van der Waals surface area contributed by atoms with Gasteiger partial charge < -0.3 is 0 Å². The molecule has 1 rings (SSSR count). The minimum atomic E-state index is 0.307. The molecule has 0 aliphatic carbocycles. The van der Waals surface area contributed by atoms with Gasteiger partial charge in [0.2, 0.25) is 0 Å². The molecule has 0 amide bonds. The maximum Gasteiger partial charge on any atom is 0.0239 e. The molecule has 0 aromatic heterocycles. The van der Waals surface area contributed by atoms with Gasteiger partial charge in [0.25, 0.3) is 0 Å². The molecule has 126 valence electrons. The van der Waals surface area contributed by atoms with E-state index in [4.69, 9.17) is 0 Å². The highest BCUT2D eigenvalue weighted by Crippen LogP contribution is 2.35. The van der Waals surface area contributed by atoms with Gasteiger partial charge in [0.1, 0.15) is 0 Å². The van der Waals surface area contributed by atoms with Crippen molar-refractivity contribution in [1.82, 2.24) is 0 Å². The molecule has 0 radical (unpaired) electrons. The molecule has 0 saturated heterocycles. The van der Waals surface area contributed by atoms with Crippen molar-refractivity contribution in [3.05, 3.63) is 33.3 Å². The molecule has 0 bridgehead atoms. The summed E-state index contributed by atoms with van der Waals surface area (Å²) >= 11 is 3.90. The zero-order chi connectivity index (χ0) is 17.3. The summed E-state index contributed by atoms with van der Waals surface area (Å²) < 4.78 is 1.33. The van der Waals surface area contributed by atoms with Crippen LogP contribution in [0.5, 0.6) is 0 Å². The highest BCUT2D eigenvalue weighted by Gasteiger charge is 2.21. The van der Waals surface area contributed by atoms with E-state index in [1.165, 1.54) is 21.2 Å². The Morgan fingerprint density at radius 2 is 0.955 bits per heavy atom. The second-order valence-corrected chi connectivity index (χ2v) is 11.2. The Bertz CT molecular complexity index is 467. The molecule has 0 aliphatic heterocycles. The Labute approximate surface area is 147 Å². The predicted molar refractivity (Wildman–Crippen MR) is 104 cm³/mol. The van der Waals surface area contributed by atoms with Crippen molar-refractivity contribution in [2.24, 2.45) is 16.2 Å². The first-order chi connectivity index (χ1) is 9.66. The van der Waals surface area contributed by atoms with Gasteiger partial charge in [0, 0.05) is 4.47 Å². The van der Waals surface area contributed by atoms with E-state index in [2.05, 4.69) is 90.4 Å². The minimum Gasteiger partial charge on any atom is -0.0599 e. The van der Waals surface area contributed by atoms with Crippen LogP contribution in [0.3, 0.4) is 0 Å². The van der Waals surface area contributed by atoms with Crippen LogP contribution in [0.1, 0.15) is 79.0 Å². The summed E-state index contributed by atoms with van der Waals surface area (Å²) in [6, 6.07) is 4.85. The van der Waals surface area contributed by atoms with E-state index in [1.54, 1.807) is 0 Å². The lowest BCUT2D eigenvalue weighted by Gasteiger charge is -2.26. The van der Waals surface area contributed by atoms with Gasteiger partial charge >= 0.3 is 0 Å². The summed E-state index contributed by atoms with van der Waals surface area (Å²) in [7, 11) is 0. The SMILES string of the molecule is CC(C)(C)Cc1cc(CC(C)(C)C)c(Br)c(CC(C)(C)C)c1. The van der Waals surface area contributed by atoms with Gasteiger partial charge in [-0.05, 0) is 52.2 Å². The monoisotopic (exact) mass is 366 g/mol. The first-order valence-corrected chi connectivity index (χ1v) is 9.26. The molecule has 1 heteroatoms. The zero-order valence-corrected chi connectivity index (χ0v) is 17.7. The van der Waals surface area contributed by atoms with Crippen LogP contribution in [0.4, 0.5) is 0 Å². The fourth-order valence-corrected chi connectivity index (χ4v) is 3.45. The normalized spacial score (nSPS) is 13.5. The lowest BCUT2D eigenvalue weighted by molar-refractivity contribution is 0.399. The maximum absolute atomic E-state index is 3.90. The molecule has 0 heterocycles. The lowest BCUT2D eigenvalue weighted by atomic mass is 9.81. The Hall–Kier alpha value is -0.300.